The Labute approximate surface area is 120 Å². The average Bonchev–Trinajstić information content (AvgIpc) is 2.90. The van der Waals surface area contributed by atoms with E-state index >= 15 is 0 Å². The molecule has 0 aliphatic carbocycles. The number of imidazole rings is 1. The fraction of sp³-hybridized carbons (Fsp3) is 0.125. The van der Waals surface area contributed by atoms with Crippen molar-refractivity contribution in [2.45, 2.75) is 6.92 Å². The summed E-state index contributed by atoms with van der Waals surface area (Å²) >= 11 is 0. The van der Waals surface area contributed by atoms with Gasteiger partial charge in [0.05, 0.1) is 18.4 Å². The van der Waals surface area contributed by atoms with Crippen LogP contribution in [0.2, 0.25) is 0 Å². The van der Waals surface area contributed by atoms with Crippen molar-refractivity contribution in [3.05, 3.63) is 53.6 Å². The molecule has 3 rings (SSSR count). The fourth-order valence-corrected chi connectivity index (χ4v) is 2.32. The van der Waals surface area contributed by atoms with E-state index in [1.54, 1.807) is 28.8 Å². The molecule has 3 aromatic rings. The molecule has 0 aliphatic rings. The predicted octanol–water partition coefficient (Wildman–Crippen LogP) is 3.27. The van der Waals surface area contributed by atoms with Crippen LogP contribution >= 0.6 is 0 Å². The van der Waals surface area contributed by atoms with Gasteiger partial charge in [-0.05, 0) is 36.8 Å². The van der Waals surface area contributed by atoms with Gasteiger partial charge in [-0.15, -0.1) is 0 Å². The second-order valence-corrected chi connectivity index (χ2v) is 4.80. The molecule has 5 heteroatoms. The van der Waals surface area contributed by atoms with E-state index in [4.69, 9.17) is 4.74 Å². The highest BCUT2D eigenvalue weighted by Crippen LogP contribution is 2.26. The molecular weight excluding hydrogens is 271 g/mol. The number of carbonyl (C=O) groups excluding carboxylic acids is 1. The number of aromatic nitrogens is 2. The van der Waals surface area contributed by atoms with E-state index in [1.807, 2.05) is 13.1 Å². The summed E-state index contributed by atoms with van der Waals surface area (Å²) in [5.74, 6) is -0.259. The number of ether oxygens (including phenoxy) is 1. The number of methoxy groups -OCH3 is 1. The van der Waals surface area contributed by atoms with Gasteiger partial charge in [-0.25, -0.2) is 9.37 Å². The summed E-state index contributed by atoms with van der Waals surface area (Å²) in [5.41, 5.74) is 3.25. The van der Waals surface area contributed by atoms with Crippen LogP contribution in [-0.2, 0) is 0 Å². The minimum absolute atomic E-state index is 0.187. The summed E-state index contributed by atoms with van der Waals surface area (Å²) in [6, 6.07) is 6.43. The van der Waals surface area contributed by atoms with E-state index in [1.165, 1.54) is 13.2 Å². The Bertz CT molecular complexity index is 840. The van der Waals surface area contributed by atoms with Crippen molar-refractivity contribution in [1.29, 1.82) is 0 Å². The summed E-state index contributed by atoms with van der Waals surface area (Å²) in [6.45, 7) is 1.90. The lowest BCUT2D eigenvalue weighted by Gasteiger charge is -2.02. The van der Waals surface area contributed by atoms with Gasteiger partial charge in [0.25, 0.3) is 0 Å². The minimum Gasteiger partial charge on any atom is -0.494 e. The molecule has 0 amide bonds. The predicted molar refractivity (Wildman–Crippen MR) is 77.3 cm³/mol. The van der Waals surface area contributed by atoms with Gasteiger partial charge in [-0.3, -0.25) is 4.79 Å². The van der Waals surface area contributed by atoms with Crippen molar-refractivity contribution in [1.82, 2.24) is 9.38 Å². The quantitative estimate of drug-likeness (QED) is 0.693. The molecule has 0 saturated carbocycles. The van der Waals surface area contributed by atoms with E-state index in [2.05, 4.69) is 4.98 Å². The third-order valence-corrected chi connectivity index (χ3v) is 3.29. The summed E-state index contributed by atoms with van der Waals surface area (Å²) < 4.78 is 20.5. The molecule has 1 aromatic carbocycles. The highest BCUT2D eigenvalue weighted by molar-refractivity contribution is 5.85. The van der Waals surface area contributed by atoms with Crippen molar-refractivity contribution in [3.63, 3.8) is 0 Å². The Balaban J connectivity index is 2.17. The van der Waals surface area contributed by atoms with Gasteiger partial charge in [0, 0.05) is 18.0 Å². The minimum atomic E-state index is -0.446. The third kappa shape index (κ3) is 2.27. The number of nitrogens with zero attached hydrogens (tertiary/aromatic N) is 2. The first kappa shape index (κ1) is 13.3. The van der Waals surface area contributed by atoms with Crippen LogP contribution < -0.4 is 4.74 Å². The van der Waals surface area contributed by atoms with Crippen molar-refractivity contribution >= 4 is 11.9 Å². The van der Waals surface area contributed by atoms with Gasteiger partial charge in [-0.1, -0.05) is 0 Å². The van der Waals surface area contributed by atoms with Gasteiger partial charge in [0.2, 0.25) is 0 Å². The summed E-state index contributed by atoms with van der Waals surface area (Å²) in [7, 11) is 1.42. The highest BCUT2D eigenvalue weighted by Gasteiger charge is 2.11. The maximum Gasteiger partial charge on any atom is 0.165 e. The zero-order chi connectivity index (χ0) is 15.0. The Hall–Kier alpha value is -2.69. The zero-order valence-corrected chi connectivity index (χ0v) is 11.6. The van der Waals surface area contributed by atoms with Crippen molar-refractivity contribution < 1.29 is 13.9 Å². The molecule has 21 heavy (non-hydrogen) atoms. The van der Waals surface area contributed by atoms with Crippen LogP contribution in [0, 0.1) is 12.7 Å². The number of aldehydes is 1. The van der Waals surface area contributed by atoms with E-state index in [-0.39, 0.29) is 5.75 Å². The maximum atomic E-state index is 13.8. The van der Waals surface area contributed by atoms with Gasteiger partial charge < -0.3 is 9.14 Å². The van der Waals surface area contributed by atoms with Gasteiger partial charge >= 0.3 is 0 Å². The molecule has 0 aliphatic heterocycles. The van der Waals surface area contributed by atoms with Gasteiger partial charge in [-0.2, -0.15) is 0 Å². The lowest BCUT2D eigenvalue weighted by molar-refractivity contribution is 0.112. The fourth-order valence-electron chi connectivity index (χ4n) is 2.32. The number of hydrogen-bond donors (Lipinski definition) is 0. The standard InChI is InChI=1S/C16H13FN2O2/c1-10-5-12(9-20)16-18-14(8-19(16)7-10)11-3-4-15(21-2)13(17)6-11/h3-9H,1-2H3. The second kappa shape index (κ2) is 5.01. The van der Waals surface area contributed by atoms with E-state index in [0.29, 0.717) is 22.5 Å². The highest BCUT2D eigenvalue weighted by atomic mass is 19.1. The van der Waals surface area contributed by atoms with Crippen molar-refractivity contribution in [3.8, 4) is 17.0 Å². The molecule has 0 fully saturated rings. The third-order valence-electron chi connectivity index (χ3n) is 3.29. The normalized spacial score (nSPS) is 10.8. The molecule has 0 unspecified atom stereocenters. The van der Waals surface area contributed by atoms with E-state index < -0.39 is 5.82 Å². The van der Waals surface area contributed by atoms with Gasteiger partial charge in [0.1, 0.15) is 5.65 Å². The van der Waals surface area contributed by atoms with Crippen LogP contribution in [0.15, 0.2) is 36.7 Å². The van der Waals surface area contributed by atoms with Crippen LogP contribution in [0.1, 0.15) is 15.9 Å². The molecule has 4 nitrogen and oxygen atoms in total. The van der Waals surface area contributed by atoms with Crippen molar-refractivity contribution in [2.24, 2.45) is 0 Å². The van der Waals surface area contributed by atoms with Crippen LogP contribution in [-0.4, -0.2) is 22.8 Å². The number of pyridine rings is 1. The number of rotatable bonds is 3. The molecule has 2 aromatic heterocycles. The van der Waals surface area contributed by atoms with Gasteiger partial charge in [0.15, 0.2) is 17.9 Å². The number of fused-ring (bicyclic) bond motifs is 1. The molecule has 0 N–H and O–H groups in total. The molecule has 0 spiro atoms. The molecule has 0 saturated heterocycles. The molecule has 106 valence electrons. The number of aryl methyl sites for hydroxylation is 1. The van der Waals surface area contributed by atoms with E-state index in [0.717, 1.165) is 11.8 Å². The second-order valence-electron chi connectivity index (χ2n) is 4.80. The Morgan fingerprint density at radius 2 is 2.10 bits per heavy atom. The Morgan fingerprint density at radius 1 is 1.29 bits per heavy atom. The first-order valence-corrected chi connectivity index (χ1v) is 6.41. The molecule has 2 heterocycles. The summed E-state index contributed by atoms with van der Waals surface area (Å²) in [5, 5.41) is 0. The number of carbonyl (C=O) groups is 1. The first-order chi connectivity index (χ1) is 10.1. The number of halogens is 1. The van der Waals surface area contributed by atoms with Crippen LogP contribution in [0.3, 0.4) is 0 Å². The molecule has 0 bridgehead atoms. The SMILES string of the molecule is COc1ccc(-c2cn3cc(C)cc(C=O)c3n2)cc1F. The smallest absolute Gasteiger partial charge is 0.165 e. The number of hydrogen-bond acceptors (Lipinski definition) is 3. The average molecular weight is 284 g/mol. The monoisotopic (exact) mass is 284 g/mol. The maximum absolute atomic E-state index is 13.8. The summed E-state index contributed by atoms with van der Waals surface area (Å²) in [4.78, 5) is 15.5. The van der Waals surface area contributed by atoms with Crippen LogP contribution in [0.5, 0.6) is 5.75 Å². The topological polar surface area (TPSA) is 43.6 Å². The molecule has 0 radical (unpaired) electrons. The largest absolute Gasteiger partial charge is 0.494 e. The van der Waals surface area contributed by atoms with Crippen LogP contribution in [0.25, 0.3) is 16.9 Å². The lowest BCUT2D eigenvalue weighted by Crippen LogP contribution is -1.91. The van der Waals surface area contributed by atoms with Crippen molar-refractivity contribution in [2.75, 3.05) is 7.11 Å². The Morgan fingerprint density at radius 3 is 2.76 bits per heavy atom. The molecular formula is C16H13FN2O2. The first-order valence-electron chi connectivity index (χ1n) is 6.41. The van der Waals surface area contributed by atoms with E-state index in [9.17, 15) is 9.18 Å². The number of benzene rings is 1. The Kier molecular flexibility index (Phi) is 3.17. The summed E-state index contributed by atoms with van der Waals surface area (Å²) in [6.07, 6.45) is 4.42. The zero-order valence-electron chi connectivity index (χ0n) is 11.6. The lowest BCUT2D eigenvalue weighted by atomic mass is 10.1. The van der Waals surface area contributed by atoms with Crippen LogP contribution in [0.4, 0.5) is 4.39 Å². The molecule has 0 atom stereocenters.